The van der Waals surface area contributed by atoms with Crippen LogP contribution in [0.4, 0.5) is 0 Å². The summed E-state index contributed by atoms with van der Waals surface area (Å²) in [5.74, 6) is 0.864. The summed E-state index contributed by atoms with van der Waals surface area (Å²) in [4.78, 5) is 0. The van der Waals surface area contributed by atoms with Gasteiger partial charge in [0.25, 0.3) is 0 Å². The van der Waals surface area contributed by atoms with E-state index in [0.29, 0.717) is 0 Å². The highest BCUT2D eigenvalue weighted by molar-refractivity contribution is 5.85. The number of rotatable bonds is 3. The number of benzene rings is 2. The van der Waals surface area contributed by atoms with Gasteiger partial charge in [0, 0.05) is 7.11 Å². The minimum absolute atomic E-state index is 0.000283. The highest BCUT2D eigenvalue weighted by Gasteiger charge is 2.24. The molecule has 0 N–H and O–H groups in total. The molecular weight excluding hydrogens is 236 g/mol. The van der Waals surface area contributed by atoms with E-state index in [9.17, 15) is 0 Å². The summed E-state index contributed by atoms with van der Waals surface area (Å²) in [5.41, 5.74) is 4.83. The molecule has 1 aliphatic rings. The molecule has 0 fully saturated rings. The Bertz CT molecular complexity index is 614. The lowest BCUT2D eigenvalue weighted by Crippen LogP contribution is -1.96. The molecule has 1 unspecified atom stereocenters. The Hall–Kier alpha value is -2.06. The third kappa shape index (κ3) is 2.04. The van der Waals surface area contributed by atoms with Crippen molar-refractivity contribution in [3.63, 3.8) is 0 Å². The lowest BCUT2D eigenvalue weighted by molar-refractivity contribution is 0.145. The summed E-state index contributed by atoms with van der Waals surface area (Å²) in [5, 5.41) is 0. The van der Waals surface area contributed by atoms with Gasteiger partial charge in [0.05, 0.1) is 7.11 Å². The molecule has 0 spiro atoms. The van der Waals surface area contributed by atoms with Crippen LogP contribution in [-0.2, 0) is 4.74 Å². The maximum atomic E-state index is 5.56. The monoisotopic (exact) mass is 252 g/mol. The van der Waals surface area contributed by atoms with Crippen LogP contribution in [0.1, 0.15) is 22.8 Å². The second kappa shape index (κ2) is 4.90. The van der Waals surface area contributed by atoms with Crippen LogP contribution >= 0.6 is 0 Å². The maximum Gasteiger partial charge on any atom is 0.119 e. The summed E-state index contributed by atoms with van der Waals surface area (Å²) in [6.45, 7) is 0. The average molecular weight is 252 g/mol. The van der Waals surface area contributed by atoms with Gasteiger partial charge in [-0.1, -0.05) is 36.4 Å². The molecule has 2 aromatic rings. The summed E-state index contributed by atoms with van der Waals surface area (Å²) in [7, 11) is 3.42. The summed E-state index contributed by atoms with van der Waals surface area (Å²) in [6, 6.07) is 16.5. The lowest BCUT2D eigenvalue weighted by atomic mass is 9.99. The zero-order valence-electron chi connectivity index (χ0n) is 11.1. The Morgan fingerprint density at radius 2 is 1.74 bits per heavy atom. The summed E-state index contributed by atoms with van der Waals surface area (Å²) in [6.07, 6.45) is 2.17. The predicted molar refractivity (Wildman–Crippen MR) is 76.3 cm³/mol. The fourth-order valence-electron chi connectivity index (χ4n) is 2.54. The Kier molecular flexibility index (Phi) is 3.10. The largest absolute Gasteiger partial charge is 0.497 e. The van der Waals surface area contributed by atoms with Crippen molar-refractivity contribution in [2.45, 2.75) is 6.10 Å². The smallest absolute Gasteiger partial charge is 0.119 e. The first kappa shape index (κ1) is 12.0. The van der Waals surface area contributed by atoms with Gasteiger partial charge in [0.1, 0.15) is 11.9 Å². The molecule has 1 atom stereocenters. The number of hydrogen-bond acceptors (Lipinski definition) is 2. The number of ether oxygens (including phenoxy) is 2. The van der Waals surface area contributed by atoms with Gasteiger partial charge >= 0.3 is 0 Å². The van der Waals surface area contributed by atoms with Gasteiger partial charge in [-0.15, -0.1) is 0 Å². The topological polar surface area (TPSA) is 18.5 Å². The molecule has 0 aromatic heterocycles. The van der Waals surface area contributed by atoms with Crippen molar-refractivity contribution in [1.82, 2.24) is 0 Å². The molecule has 0 bridgehead atoms. The highest BCUT2D eigenvalue weighted by atomic mass is 16.5. The first-order valence-corrected chi connectivity index (χ1v) is 6.32. The molecule has 2 aromatic carbocycles. The first-order valence-electron chi connectivity index (χ1n) is 6.32. The third-order valence-electron chi connectivity index (χ3n) is 3.51. The number of fused-ring (bicyclic) bond motifs is 1. The van der Waals surface area contributed by atoms with Crippen molar-refractivity contribution in [3.05, 3.63) is 71.3 Å². The second-order valence-electron chi connectivity index (χ2n) is 4.56. The van der Waals surface area contributed by atoms with E-state index in [0.717, 1.165) is 5.75 Å². The Balaban J connectivity index is 2.11. The quantitative estimate of drug-likeness (QED) is 0.826. The van der Waals surface area contributed by atoms with Gasteiger partial charge in [-0.2, -0.15) is 0 Å². The van der Waals surface area contributed by atoms with Crippen molar-refractivity contribution in [3.8, 4) is 5.75 Å². The van der Waals surface area contributed by atoms with Gasteiger partial charge in [-0.05, 0) is 40.5 Å². The Labute approximate surface area is 113 Å². The molecule has 2 heteroatoms. The van der Waals surface area contributed by atoms with Gasteiger partial charge in [0.15, 0.2) is 0 Å². The SMILES string of the molecule is COc1ccc2c(c1)C(OC)C=C2c1ccccc1. The van der Waals surface area contributed by atoms with Crippen molar-refractivity contribution in [1.29, 1.82) is 0 Å². The van der Waals surface area contributed by atoms with E-state index >= 15 is 0 Å². The van der Waals surface area contributed by atoms with Crippen LogP contribution in [-0.4, -0.2) is 14.2 Å². The molecule has 19 heavy (non-hydrogen) atoms. The minimum atomic E-state index is 0.000283. The predicted octanol–water partition coefficient (Wildman–Crippen LogP) is 3.83. The van der Waals surface area contributed by atoms with Gasteiger partial charge in [0.2, 0.25) is 0 Å². The molecule has 0 saturated carbocycles. The van der Waals surface area contributed by atoms with Crippen LogP contribution in [0.2, 0.25) is 0 Å². The van der Waals surface area contributed by atoms with E-state index in [2.05, 4.69) is 42.5 Å². The van der Waals surface area contributed by atoms with E-state index < -0.39 is 0 Å². The van der Waals surface area contributed by atoms with Crippen molar-refractivity contribution >= 4 is 5.57 Å². The first-order chi connectivity index (χ1) is 9.33. The van der Waals surface area contributed by atoms with E-state index in [1.165, 1.54) is 22.3 Å². The average Bonchev–Trinajstić information content (AvgIpc) is 2.86. The molecule has 0 amide bonds. The van der Waals surface area contributed by atoms with Crippen molar-refractivity contribution < 1.29 is 9.47 Å². The fraction of sp³-hybridized carbons (Fsp3) is 0.176. The van der Waals surface area contributed by atoms with Gasteiger partial charge in [-0.25, -0.2) is 0 Å². The number of methoxy groups -OCH3 is 2. The Morgan fingerprint density at radius 1 is 0.947 bits per heavy atom. The zero-order valence-corrected chi connectivity index (χ0v) is 11.1. The molecule has 3 rings (SSSR count). The molecule has 0 radical (unpaired) electrons. The van der Waals surface area contributed by atoms with Crippen LogP contribution < -0.4 is 4.74 Å². The van der Waals surface area contributed by atoms with Gasteiger partial charge in [-0.3, -0.25) is 0 Å². The molecule has 0 aliphatic heterocycles. The minimum Gasteiger partial charge on any atom is -0.497 e. The molecule has 1 aliphatic carbocycles. The van der Waals surface area contributed by atoms with E-state index in [4.69, 9.17) is 9.47 Å². The van der Waals surface area contributed by atoms with E-state index in [1.54, 1.807) is 14.2 Å². The van der Waals surface area contributed by atoms with E-state index in [1.807, 2.05) is 12.1 Å². The van der Waals surface area contributed by atoms with Crippen molar-refractivity contribution in [2.24, 2.45) is 0 Å². The second-order valence-corrected chi connectivity index (χ2v) is 4.56. The van der Waals surface area contributed by atoms with Crippen LogP contribution in [0.15, 0.2) is 54.6 Å². The van der Waals surface area contributed by atoms with Crippen LogP contribution in [0.25, 0.3) is 5.57 Å². The third-order valence-corrected chi connectivity index (χ3v) is 3.51. The summed E-state index contributed by atoms with van der Waals surface area (Å²) >= 11 is 0. The lowest BCUT2D eigenvalue weighted by Gasteiger charge is -2.10. The van der Waals surface area contributed by atoms with Crippen molar-refractivity contribution in [2.75, 3.05) is 14.2 Å². The van der Waals surface area contributed by atoms with Gasteiger partial charge < -0.3 is 9.47 Å². The molecule has 2 nitrogen and oxygen atoms in total. The highest BCUT2D eigenvalue weighted by Crippen LogP contribution is 2.41. The Morgan fingerprint density at radius 3 is 2.42 bits per heavy atom. The van der Waals surface area contributed by atoms with Crippen LogP contribution in [0.5, 0.6) is 5.75 Å². The van der Waals surface area contributed by atoms with Crippen LogP contribution in [0.3, 0.4) is 0 Å². The summed E-state index contributed by atoms with van der Waals surface area (Å²) < 4.78 is 10.9. The molecule has 0 saturated heterocycles. The normalized spacial score (nSPS) is 16.9. The van der Waals surface area contributed by atoms with E-state index in [-0.39, 0.29) is 6.10 Å². The molecule has 0 heterocycles. The molecular formula is C17H16O2. The zero-order chi connectivity index (χ0) is 13.2. The standard InChI is InChI=1S/C17H16O2/c1-18-13-8-9-14-15(12-6-4-3-5-7-12)11-17(19-2)16(14)10-13/h3-11,17H,1-2H3. The fourth-order valence-corrected chi connectivity index (χ4v) is 2.54. The van der Waals surface area contributed by atoms with Crippen LogP contribution in [0, 0.1) is 0 Å². The molecule has 96 valence electrons. The maximum absolute atomic E-state index is 5.56. The number of hydrogen-bond donors (Lipinski definition) is 0.